The molecule has 8 nitrogen and oxygen atoms in total. The molecule has 35 heavy (non-hydrogen) atoms. The van der Waals surface area contributed by atoms with E-state index in [0.717, 1.165) is 50.4 Å². The Bertz CT molecular complexity index is 1560. The van der Waals surface area contributed by atoms with Gasteiger partial charge in [0.2, 0.25) is 0 Å². The molecule has 0 aliphatic carbocycles. The number of aromatic nitrogens is 5. The van der Waals surface area contributed by atoms with Crippen molar-refractivity contribution in [3.8, 4) is 33.8 Å². The predicted molar refractivity (Wildman–Crippen MR) is 133 cm³/mol. The lowest BCUT2D eigenvalue weighted by molar-refractivity contribution is 0.0169. The second-order valence-corrected chi connectivity index (χ2v) is 8.57. The summed E-state index contributed by atoms with van der Waals surface area (Å²) >= 11 is 0. The molecule has 1 fully saturated rings. The number of H-pyrrole nitrogens is 1. The number of benzene rings is 1. The van der Waals surface area contributed by atoms with E-state index in [0.29, 0.717) is 18.7 Å². The topological polar surface area (TPSA) is 106 Å². The first kappa shape index (κ1) is 21.1. The summed E-state index contributed by atoms with van der Waals surface area (Å²) in [6.07, 6.45) is 6.66. The second-order valence-electron chi connectivity index (χ2n) is 8.57. The van der Waals surface area contributed by atoms with Crippen LogP contribution in [0.5, 0.6) is 0 Å². The van der Waals surface area contributed by atoms with Gasteiger partial charge >= 0.3 is 5.97 Å². The van der Waals surface area contributed by atoms with Crippen LogP contribution < -0.4 is 5.32 Å². The molecular formula is C27H22N6O2. The molecule has 1 aromatic carbocycles. The first-order valence-corrected chi connectivity index (χ1v) is 11.4. The van der Waals surface area contributed by atoms with E-state index in [1.807, 2.05) is 43.3 Å². The van der Waals surface area contributed by atoms with Crippen molar-refractivity contribution in [1.29, 1.82) is 0 Å². The summed E-state index contributed by atoms with van der Waals surface area (Å²) in [4.78, 5) is 33.8. The fraction of sp³-hybridized carbons (Fsp3) is 0.148. The van der Waals surface area contributed by atoms with Crippen molar-refractivity contribution in [2.24, 2.45) is 0 Å². The maximum Gasteiger partial charge on any atom is 0.340 e. The summed E-state index contributed by atoms with van der Waals surface area (Å²) in [6, 6.07) is 15.8. The van der Waals surface area contributed by atoms with Gasteiger partial charge in [-0.25, -0.2) is 9.78 Å². The summed E-state index contributed by atoms with van der Waals surface area (Å²) in [6.45, 7) is 3.34. The van der Waals surface area contributed by atoms with E-state index in [1.54, 1.807) is 24.8 Å². The number of aryl methyl sites for hydroxylation is 1. The van der Waals surface area contributed by atoms with Crippen molar-refractivity contribution < 1.29 is 9.53 Å². The van der Waals surface area contributed by atoms with Gasteiger partial charge in [0, 0.05) is 59.5 Å². The molecule has 0 spiro atoms. The lowest BCUT2D eigenvalue weighted by Crippen LogP contribution is -2.49. The van der Waals surface area contributed by atoms with Gasteiger partial charge in [0.15, 0.2) is 0 Å². The van der Waals surface area contributed by atoms with E-state index in [4.69, 9.17) is 4.74 Å². The van der Waals surface area contributed by atoms with E-state index < -0.39 is 0 Å². The zero-order valence-electron chi connectivity index (χ0n) is 19.0. The highest BCUT2D eigenvalue weighted by atomic mass is 16.5. The average Bonchev–Trinajstić information content (AvgIpc) is 3.36. The van der Waals surface area contributed by atoms with Gasteiger partial charge < -0.3 is 15.0 Å². The molecule has 5 aromatic rings. The van der Waals surface area contributed by atoms with Gasteiger partial charge in [0.25, 0.3) is 0 Å². The monoisotopic (exact) mass is 462 g/mol. The Morgan fingerprint density at radius 2 is 1.83 bits per heavy atom. The molecule has 1 saturated heterocycles. The van der Waals surface area contributed by atoms with Crippen molar-refractivity contribution in [2.75, 3.05) is 13.1 Å². The van der Waals surface area contributed by atoms with Crippen LogP contribution in [-0.2, 0) is 4.74 Å². The third-order valence-corrected chi connectivity index (χ3v) is 6.06. The molecule has 0 radical (unpaired) electrons. The third-order valence-electron chi connectivity index (χ3n) is 6.06. The van der Waals surface area contributed by atoms with Crippen LogP contribution in [0.3, 0.4) is 0 Å². The highest BCUT2D eigenvalue weighted by Gasteiger charge is 2.22. The number of aromatic amines is 1. The molecular weight excluding hydrogens is 440 g/mol. The first-order chi connectivity index (χ1) is 17.1. The number of imidazole rings is 1. The van der Waals surface area contributed by atoms with E-state index >= 15 is 0 Å². The minimum atomic E-state index is -0.363. The van der Waals surface area contributed by atoms with Gasteiger partial charge in [-0.05, 0) is 43.3 Å². The lowest BCUT2D eigenvalue weighted by Gasteiger charge is -2.26. The van der Waals surface area contributed by atoms with Gasteiger partial charge in [0.1, 0.15) is 6.10 Å². The van der Waals surface area contributed by atoms with Gasteiger partial charge in [-0.3, -0.25) is 15.0 Å². The highest BCUT2D eigenvalue weighted by molar-refractivity contribution is 5.92. The smallest absolute Gasteiger partial charge is 0.340 e. The van der Waals surface area contributed by atoms with Crippen LogP contribution in [0.4, 0.5) is 0 Å². The molecule has 6 rings (SSSR count). The summed E-state index contributed by atoms with van der Waals surface area (Å²) in [5.41, 5.74) is 7.40. The predicted octanol–water partition coefficient (Wildman–Crippen LogP) is 4.19. The fourth-order valence-electron chi connectivity index (χ4n) is 4.10. The Balaban J connectivity index is 1.34. The molecule has 0 atom stereocenters. The first-order valence-electron chi connectivity index (χ1n) is 11.4. The van der Waals surface area contributed by atoms with Crippen LogP contribution in [0.1, 0.15) is 16.1 Å². The number of ether oxygens (including phenoxy) is 1. The van der Waals surface area contributed by atoms with Crippen LogP contribution in [0.25, 0.3) is 44.7 Å². The van der Waals surface area contributed by atoms with E-state index in [2.05, 4.69) is 36.3 Å². The molecule has 4 aromatic heterocycles. The van der Waals surface area contributed by atoms with Crippen LogP contribution in [-0.4, -0.2) is 50.1 Å². The van der Waals surface area contributed by atoms with E-state index in [-0.39, 0.29) is 12.1 Å². The number of nitrogens with one attached hydrogen (secondary N) is 2. The Kier molecular flexibility index (Phi) is 5.27. The van der Waals surface area contributed by atoms with Gasteiger partial charge in [0.05, 0.1) is 34.5 Å². The third kappa shape index (κ3) is 4.15. The van der Waals surface area contributed by atoms with Gasteiger partial charge in [-0.2, -0.15) is 0 Å². The molecule has 5 heterocycles. The number of esters is 1. The largest absolute Gasteiger partial charge is 0.456 e. The van der Waals surface area contributed by atoms with Crippen molar-refractivity contribution in [1.82, 2.24) is 30.2 Å². The average molecular weight is 463 g/mol. The van der Waals surface area contributed by atoms with E-state index in [9.17, 15) is 4.79 Å². The molecule has 0 bridgehead atoms. The number of hydrogen-bond donors (Lipinski definition) is 2. The lowest BCUT2D eigenvalue weighted by atomic mass is 10.0. The minimum absolute atomic E-state index is 0.0751. The fourth-order valence-corrected chi connectivity index (χ4v) is 4.10. The molecule has 0 amide bonds. The van der Waals surface area contributed by atoms with Crippen LogP contribution >= 0.6 is 0 Å². The number of carbonyl (C=O) groups is 1. The summed E-state index contributed by atoms with van der Waals surface area (Å²) in [5.74, 6) is -0.363. The van der Waals surface area contributed by atoms with E-state index in [1.165, 1.54) is 6.20 Å². The Morgan fingerprint density at radius 1 is 0.971 bits per heavy atom. The van der Waals surface area contributed by atoms with Crippen LogP contribution in [0, 0.1) is 6.92 Å². The SMILES string of the molecule is Cc1cccc(-c2[nH]cnc2-c2ccc3ncc(-c4cncc(C(=O)OC5CNC5)c4)cc3c2)n1. The number of fused-ring (bicyclic) bond motifs is 1. The van der Waals surface area contributed by atoms with Crippen molar-refractivity contribution in [3.63, 3.8) is 0 Å². The number of pyridine rings is 3. The Hall–Kier alpha value is -4.43. The molecule has 1 aliphatic heterocycles. The number of carbonyl (C=O) groups excluding carboxylic acids is 1. The Labute approximate surface area is 201 Å². The van der Waals surface area contributed by atoms with Crippen LogP contribution in [0.2, 0.25) is 0 Å². The summed E-state index contributed by atoms with van der Waals surface area (Å²) in [7, 11) is 0. The summed E-state index contributed by atoms with van der Waals surface area (Å²) < 4.78 is 5.47. The highest BCUT2D eigenvalue weighted by Crippen LogP contribution is 2.31. The molecule has 0 saturated carbocycles. The van der Waals surface area contributed by atoms with Gasteiger partial charge in [-0.15, -0.1) is 0 Å². The molecule has 2 N–H and O–H groups in total. The van der Waals surface area contributed by atoms with Crippen LogP contribution in [0.15, 0.2) is 73.4 Å². The maximum absolute atomic E-state index is 12.5. The number of nitrogens with zero attached hydrogens (tertiary/aromatic N) is 4. The quantitative estimate of drug-likeness (QED) is 0.377. The standard InChI is InChI=1S/C27H22N6O2/c1-16-3-2-4-24(33-16)26-25(31-15-32-26)17-5-6-23-18(7-17)8-20(12-30-23)19-9-21(11-28-10-19)27(34)35-22-13-29-14-22/h2-12,15,22,29H,13-14H2,1H3,(H,31,32). The second kappa shape index (κ2) is 8.73. The normalized spacial score (nSPS) is 13.5. The maximum atomic E-state index is 12.5. The minimum Gasteiger partial charge on any atom is -0.456 e. The Morgan fingerprint density at radius 3 is 2.66 bits per heavy atom. The van der Waals surface area contributed by atoms with Gasteiger partial charge in [-0.1, -0.05) is 12.1 Å². The van der Waals surface area contributed by atoms with Crippen molar-refractivity contribution in [3.05, 3.63) is 84.7 Å². The molecule has 172 valence electrons. The number of hydrogen-bond acceptors (Lipinski definition) is 7. The van der Waals surface area contributed by atoms with Crippen molar-refractivity contribution in [2.45, 2.75) is 13.0 Å². The molecule has 1 aliphatic rings. The zero-order valence-corrected chi connectivity index (χ0v) is 19.0. The zero-order chi connectivity index (χ0) is 23.8. The summed E-state index contributed by atoms with van der Waals surface area (Å²) in [5, 5.41) is 4.05. The molecule has 8 heteroatoms. The van der Waals surface area contributed by atoms with Crippen molar-refractivity contribution >= 4 is 16.9 Å². The number of rotatable bonds is 5. The molecule has 0 unspecified atom stereocenters.